The second-order valence-corrected chi connectivity index (χ2v) is 5.71. The summed E-state index contributed by atoms with van der Waals surface area (Å²) in [7, 11) is 4.27. The Bertz CT molecular complexity index is 389. The molecule has 0 spiro atoms. The lowest BCUT2D eigenvalue weighted by Gasteiger charge is -2.41. The van der Waals surface area contributed by atoms with Crippen molar-refractivity contribution < 1.29 is 0 Å². The Kier molecular flexibility index (Phi) is 4.25. The molecule has 1 fully saturated rings. The molecule has 0 aliphatic carbocycles. The van der Waals surface area contributed by atoms with E-state index in [2.05, 4.69) is 67.3 Å². The molecule has 1 aliphatic heterocycles. The van der Waals surface area contributed by atoms with Crippen molar-refractivity contribution in [1.29, 1.82) is 0 Å². The molecule has 2 unspecified atom stereocenters. The van der Waals surface area contributed by atoms with Gasteiger partial charge in [0.2, 0.25) is 0 Å². The highest BCUT2D eigenvalue weighted by Crippen LogP contribution is 2.20. The summed E-state index contributed by atoms with van der Waals surface area (Å²) in [6, 6.07) is 9.94. The molecule has 0 saturated carbocycles. The third kappa shape index (κ3) is 3.24. The summed E-state index contributed by atoms with van der Waals surface area (Å²) in [4.78, 5) is 4.78. The summed E-state index contributed by atoms with van der Waals surface area (Å²) in [5, 5.41) is 3.63. The largest absolute Gasteiger partial charge is 0.366 e. The maximum Gasteiger partial charge on any atom is 0.0387 e. The fraction of sp³-hybridized carbons (Fsp3) is 0.600. The van der Waals surface area contributed by atoms with Gasteiger partial charge in [-0.25, -0.2) is 0 Å². The molecule has 1 N–H and O–H groups in total. The fourth-order valence-corrected chi connectivity index (χ4v) is 2.66. The molecule has 0 radical (unpaired) electrons. The standard InChI is InChI=1S/C15H25N3/c1-12-6-5-7-15(8-12)18-11-14(10-17(3)4)16-9-13(18)2/h5-8,13-14,16H,9-11H2,1-4H3. The number of piperazine rings is 1. The van der Waals surface area contributed by atoms with Crippen LogP contribution in [0.2, 0.25) is 0 Å². The summed E-state index contributed by atoms with van der Waals surface area (Å²) < 4.78 is 0. The number of likely N-dealkylation sites (N-methyl/N-ethyl adjacent to an activating group) is 1. The minimum atomic E-state index is 0.553. The first-order chi connectivity index (χ1) is 8.56. The fourth-order valence-electron chi connectivity index (χ4n) is 2.66. The van der Waals surface area contributed by atoms with Gasteiger partial charge in [0.1, 0.15) is 0 Å². The van der Waals surface area contributed by atoms with E-state index in [1.807, 2.05) is 0 Å². The number of nitrogens with zero attached hydrogens (tertiary/aromatic N) is 2. The first-order valence-corrected chi connectivity index (χ1v) is 6.77. The quantitative estimate of drug-likeness (QED) is 0.877. The van der Waals surface area contributed by atoms with Crippen molar-refractivity contribution in [3.8, 4) is 0 Å². The molecule has 1 aromatic rings. The van der Waals surface area contributed by atoms with Crippen LogP contribution in [0.3, 0.4) is 0 Å². The zero-order valence-electron chi connectivity index (χ0n) is 12.0. The SMILES string of the molecule is Cc1cccc(N2CC(CN(C)C)NCC2C)c1. The highest BCUT2D eigenvalue weighted by atomic mass is 15.2. The second-order valence-electron chi connectivity index (χ2n) is 5.71. The molecule has 0 aromatic heterocycles. The summed E-state index contributed by atoms with van der Waals surface area (Å²) >= 11 is 0. The van der Waals surface area contributed by atoms with Crippen molar-refractivity contribution >= 4 is 5.69 Å². The van der Waals surface area contributed by atoms with Crippen LogP contribution in [0.15, 0.2) is 24.3 Å². The molecule has 3 nitrogen and oxygen atoms in total. The first-order valence-electron chi connectivity index (χ1n) is 6.77. The van der Waals surface area contributed by atoms with Crippen LogP contribution < -0.4 is 10.2 Å². The summed E-state index contributed by atoms with van der Waals surface area (Å²) in [6.07, 6.45) is 0. The van der Waals surface area contributed by atoms with E-state index in [0.29, 0.717) is 12.1 Å². The average molecular weight is 247 g/mol. The van der Waals surface area contributed by atoms with Crippen molar-refractivity contribution in [2.45, 2.75) is 25.9 Å². The highest BCUT2D eigenvalue weighted by molar-refractivity contribution is 5.50. The van der Waals surface area contributed by atoms with E-state index in [1.165, 1.54) is 11.3 Å². The molecule has 3 heteroatoms. The number of nitrogens with one attached hydrogen (secondary N) is 1. The molecule has 1 aliphatic rings. The van der Waals surface area contributed by atoms with Gasteiger partial charge in [0, 0.05) is 37.4 Å². The smallest absolute Gasteiger partial charge is 0.0387 e. The average Bonchev–Trinajstić information content (AvgIpc) is 2.31. The van der Waals surface area contributed by atoms with Crippen LogP contribution in [-0.4, -0.2) is 50.7 Å². The van der Waals surface area contributed by atoms with Gasteiger partial charge in [-0.1, -0.05) is 12.1 Å². The second kappa shape index (κ2) is 5.72. The highest BCUT2D eigenvalue weighted by Gasteiger charge is 2.25. The molecule has 2 rings (SSSR count). The Morgan fingerprint density at radius 3 is 2.83 bits per heavy atom. The van der Waals surface area contributed by atoms with E-state index in [4.69, 9.17) is 0 Å². The molecule has 1 saturated heterocycles. The van der Waals surface area contributed by atoms with Gasteiger partial charge in [0.15, 0.2) is 0 Å². The Morgan fingerprint density at radius 2 is 2.17 bits per heavy atom. The van der Waals surface area contributed by atoms with Crippen molar-refractivity contribution in [1.82, 2.24) is 10.2 Å². The molecule has 18 heavy (non-hydrogen) atoms. The van der Waals surface area contributed by atoms with Gasteiger partial charge >= 0.3 is 0 Å². The number of anilines is 1. The van der Waals surface area contributed by atoms with Crippen LogP contribution in [0.5, 0.6) is 0 Å². The summed E-state index contributed by atoms with van der Waals surface area (Å²) in [6.45, 7) is 7.69. The van der Waals surface area contributed by atoms with E-state index in [9.17, 15) is 0 Å². The van der Waals surface area contributed by atoms with Crippen LogP contribution in [0.4, 0.5) is 5.69 Å². The van der Waals surface area contributed by atoms with Gasteiger partial charge in [-0.2, -0.15) is 0 Å². The van der Waals surface area contributed by atoms with Crippen LogP contribution >= 0.6 is 0 Å². The Hall–Kier alpha value is -1.06. The Labute approximate surface area is 111 Å². The predicted octanol–water partition coefficient (Wildman–Crippen LogP) is 1.72. The predicted molar refractivity (Wildman–Crippen MR) is 78.3 cm³/mol. The van der Waals surface area contributed by atoms with E-state index >= 15 is 0 Å². The molecule has 100 valence electrons. The van der Waals surface area contributed by atoms with Crippen molar-refractivity contribution in [3.63, 3.8) is 0 Å². The maximum atomic E-state index is 3.63. The molecule has 1 aromatic carbocycles. The van der Waals surface area contributed by atoms with E-state index < -0.39 is 0 Å². The number of benzene rings is 1. The number of rotatable bonds is 3. The van der Waals surface area contributed by atoms with Gasteiger partial charge in [0.05, 0.1) is 0 Å². The Balaban J connectivity index is 2.10. The van der Waals surface area contributed by atoms with E-state index in [1.54, 1.807) is 0 Å². The zero-order valence-corrected chi connectivity index (χ0v) is 12.0. The Morgan fingerprint density at radius 1 is 1.39 bits per heavy atom. The van der Waals surface area contributed by atoms with Crippen LogP contribution in [0, 0.1) is 6.92 Å². The van der Waals surface area contributed by atoms with E-state index in [-0.39, 0.29) is 0 Å². The summed E-state index contributed by atoms with van der Waals surface area (Å²) in [5.41, 5.74) is 2.69. The topological polar surface area (TPSA) is 18.5 Å². The number of hydrogen-bond acceptors (Lipinski definition) is 3. The van der Waals surface area contributed by atoms with Gasteiger partial charge < -0.3 is 15.1 Å². The minimum absolute atomic E-state index is 0.553. The monoisotopic (exact) mass is 247 g/mol. The minimum Gasteiger partial charge on any atom is -0.366 e. The lowest BCUT2D eigenvalue weighted by molar-refractivity contribution is 0.307. The van der Waals surface area contributed by atoms with Gasteiger partial charge in [-0.05, 0) is 45.6 Å². The molecule has 0 bridgehead atoms. The summed E-state index contributed by atoms with van der Waals surface area (Å²) in [5.74, 6) is 0. The third-order valence-electron chi connectivity index (χ3n) is 3.57. The van der Waals surface area contributed by atoms with Crippen molar-refractivity contribution in [2.75, 3.05) is 38.6 Å². The lowest BCUT2D eigenvalue weighted by Crippen LogP contribution is -2.58. The van der Waals surface area contributed by atoms with Crippen molar-refractivity contribution in [3.05, 3.63) is 29.8 Å². The van der Waals surface area contributed by atoms with Gasteiger partial charge in [0.25, 0.3) is 0 Å². The van der Waals surface area contributed by atoms with Crippen molar-refractivity contribution in [2.24, 2.45) is 0 Å². The normalized spacial score (nSPS) is 24.6. The molecule has 1 heterocycles. The van der Waals surface area contributed by atoms with E-state index in [0.717, 1.165) is 19.6 Å². The number of aryl methyl sites for hydroxylation is 1. The first kappa shape index (κ1) is 13.4. The molecule has 2 atom stereocenters. The third-order valence-corrected chi connectivity index (χ3v) is 3.57. The molecule has 0 amide bonds. The maximum absolute atomic E-state index is 3.63. The van der Waals surface area contributed by atoms with Crippen LogP contribution in [0.25, 0.3) is 0 Å². The zero-order chi connectivity index (χ0) is 13.1. The van der Waals surface area contributed by atoms with Crippen LogP contribution in [0.1, 0.15) is 12.5 Å². The van der Waals surface area contributed by atoms with Gasteiger partial charge in [-0.15, -0.1) is 0 Å². The number of hydrogen-bond donors (Lipinski definition) is 1. The van der Waals surface area contributed by atoms with Gasteiger partial charge in [-0.3, -0.25) is 0 Å². The molecular formula is C15H25N3. The van der Waals surface area contributed by atoms with Crippen LogP contribution in [-0.2, 0) is 0 Å². The lowest BCUT2D eigenvalue weighted by atomic mass is 10.1. The molecular weight excluding hydrogens is 222 g/mol.